The number of carbonyl (C=O) groups is 1. The number of aliphatic hydroxyl groups excluding tert-OH is 1. The minimum absolute atomic E-state index is 0.0493. The summed E-state index contributed by atoms with van der Waals surface area (Å²) in [7, 11) is 3.36. The van der Waals surface area contributed by atoms with Crippen molar-refractivity contribution in [3.05, 3.63) is 7.05 Å². The molecule has 0 heterocycles. The first-order valence-electron chi connectivity index (χ1n) is 9.44. The summed E-state index contributed by atoms with van der Waals surface area (Å²) in [5.74, 6) is 0.0493. The lowest BCUT2D eigenvalue weighted by Crippen LogP contribution is -2.14. The molecule has 1 atom stereocenters. The molecular weight excluding hydrogens is 274 g/mol. The zero-order chi connectivity index (χ0) is 16.5. The standard InChI is InChI=1S/C19H38NO2/c1-3-4-5-12-15-18(21)16-13-10-8-6-7-9-11-14-17-19(22)20-2/h18,21H,2-17H2,1H3,(H,20,22). The van der Waals surface area contributed by atoms with E-state index in [9.17, 15) is 9.90 Å². The monoisotopic (exact) mass is 312 g/mol. The normalized spacial score (nSPS) is 12.3. The van der Waals surface area contributed by atoms with Gasteiger partial charge in [0.1, 0.15) is 0 Å². The van der Waals surface area contributed by atoms with Crippen LogP contribution in [0.2, 0.25) is 0 Å². The summed E-state index contributed by atoms with van der Waals surface area (Å²) in [6.07, 6.45) is 17.1. The van der Waals surface area contributed by atoms with E-state index in [0.717, 1.165) is 25.7 Å². The molecule has 0 aliphatic heterocycles. The van der Waals surface area contributed by atoms with Crippen LogP contribution < -0.4 is 5.32 Å². The topological polar surface area (TPSA) is 49.3 Å². The SMILES string of the molecule is [CH2]NC(=O)CCCCCCCCCCC(O)CCCCCC. The van der Waals surface area contributed by atoms with Crippen LogP contribution in [-0.2, 0) is 4.79 Å². The van der Waals surface area contributed by atoms with E-state index in [2.05, 4.69) is 19.3 Å². The van der Waals surface area contributed by atoms with E-state index < -0.39 is 0 Å². The van der Waals surface area contributed by atoms with Crippen molar-refractivity contribution in [1.82, 2.24) is 5.32 Å². The molecule has 0 aliphatic rings. The van der Waals surface area contributed by atoms with Gasteiger partial charge < -0.3 is 10.4 Å². The van der Waals surface area contributed by atoms with Crippen LogP contribution in [0, 0.1) is 7.05 Å². The maximum absolute atomic E-state index is 11.0. The zero-order valence-corrected chi connectivity index (χ0v) is 14.7. The van der Waals surface area contributed by atoms with Crippen LogP contribution in [0.25, 0.3) is 0 Å². The number of amides is 1. The lowest BCUT2D eigenvalue weighted by molar-refractivity contribution is -0.120. The van der Waals surface area contributed by atoms with Gasteiger partial charge in [0.2, 0.25) is 5.91 Å². The van der Waals surface area contributed by atoms with E-state index in [-0.39, 0.29) is 12.0 Å². The summed E-state index contributed by atoms with van der Waals surface area (Å²) in [5.41, 5.74) is 0. The maximum atomic E-state index is 11.0. The lowest BCUT2D eigenvalue weighted by Gasteiger charge is -2.10. The van der Waals surface area contributed by atoms with Gasteiger partial charge in [-0.3, -0.25) is 4.79 Å². The highest BCUT2D eigenvalue weighted by Crippen LogP contribution is 2.14. The lowest BCUT2D eigenvalue weighted by atomic mass is 10.0. The second-order valence-electron chi connectivity index (χ2n) is 6.47. The number of rotatable bonds is 16. The van der Waals surface area contributed by atoms with Gasteiger partial charge in [-0.2, -0.15) is 0 Å². The first-order valence-corrected chi connectivity index (χ1v) is 9.44. The molecule has 1 unspecified atom stereocenters. The highest BCUT2D eigenvalue weighted by atomic mass is 16.3. The fourth-order valence-electron chi connectivity index (χ4n) is 2.77. The second-order valence-corrected chi connectivity index (χ2v) is 6.47. The average molecular weight is 313 g/mol. The van der Waals surface area contributed by atoms with Gasteiger partial charge >= 0.3 is 0 Å². The van der Waals surface area contributed by atoms with Crippen LogP contribution in [0.15, 0.2) is 0 Å². The van der Waals surface area contributed by atoms with Gasteiger partial charge in [0.25, 0.3) is 0 Å². The molecule has 1 amide bonds. The molecule has 0 aromatic carbocycles. The van der Waals surface area contributed by atoms with Crippen LogP contribution >= 0.6 is 0 Å². The predicted molar refractivity (Wildman–Crippen MR) is 94.4 cm³/mol. The Morgan fingerprint density at radius 3 is 1.82 bits per heavy atom. The van der Waals surface area contributed by atoms with E-state index in [1.54, 1.807) is 0 Å². The van der Waals surface area contributed by atoms with E-state index in [1.807, 2.05) is 0 Å². The zero-order valence-electron chi connectivity index (χ0n) is 14.7. The number of hydrogen-bond donors (Lipinski definition) is 2. The third-order valence-electron chi connectivity index (χ3n) is 4.28. The smallest absolute Gasteiger partial charge is 0.220 e. The minimum Gasteiger partial charge on any atom is -0.393 e. The molecule has 0 aromatic heterocycles. The van der Waals surface area contributed by atoms with E-state index in [4.69, 9.17) is 0 Å². The second kappa shape index (κ2) is 16.8. The van der Waals surface area contributed by atoms with Crippen molar-refractivity contribution in [2.45, 2.75) is 109 Å². The number of nitrogens with one attached hydrogen (secondary N) is 1. The molecule has 3 heteroatoms. The largest absolute Gasteiger partial charge is 0.393 e. The average Bonchev–Trinajstić information content (AvgIpc) is 2.53. The van der Waals surface area contributed by atoms with E-state index >= 15 is 0 Å². The molecule has 3 nitrogen and oxygen atoms in total. The molecular formula is C19H38NO2. The van der Waals surface area contributed by atoms with Crippen molar-refractivity contribution >= 4 is 5.91 Å². The molecule has 0 saturated carbocycles. The fraction of sp³-hybridized carbons (Fsp3) is 0.895. The van der Waals surface area contributed by atoms with E-state index in [0.29, 0.717) is 6.42 Å². The summed E-state index contributed by atoms with van der Waals surface area (Å²) in [5, 5.41) is 12.3. The first kappa shape index (κ1) is 21.4. The van der Waals surface area contributed by atoms with Gasteiger partial charge in [-0.25, -0.2) is 0 Å². The molecule has 0 fully saturated rings. The van der Waals surface area contributed by atoms with Gasteiger partial charge in [-0.05, 0) is 19.3 Å². The van der Waals surface area contributed by atoms with E-state index in [1.165, 1.54) is 64.2 Å². The van der Waals surface area contributed by atoms with Crippen molar-refractivity contribution < 1.29 is 9.90 Å². The highest BCUT2D eigenvalue weighted by Gasteiger charge is 2.03. The molecule has 0 bridgehead atoms. The summed E-state index contributed by atoms with van der Waals surface area (Å²) < 4.78 is 0. The van der Waals surface area contributed by atoms with Gasteiger partial charge in [0.15, 0.2) is 0 Å². The number of hydrogen-bond acceptors (Lipinski definition) is 2. The van der Waals surface area contributed by atoms with Crippen LogP contribution in [0.1, 0.15) is 103 Å². The third kappa shape index (κ3) is 15.8. The van der Waals surface area contributed by atoms with Crippen LogP contribution in [0.5, 0.6) is 0 Å². The summed E-state index contributed by atoms with van der Waals surface area (Å²) in [6.45, 7) is 2.22. The minimum atomic E-state index is -0.0731. The molecule has 1 radical (unpaired) electrons. The van der Waals surface area contributed by atoms with Crippen LogP contribution in [0.4, 0.5) is 0 Å². The molecule has 2 N–H and O–H groups in total. The third-order valence-corrected chi connectivity index (χ3v) is 4.28. The molecule has 0 aliphatic carbocycles. The summed E-state index contributed by atoms with van der Waals surface area (Å²) in [6, 6.07) is 0. The molecule has 0 saturated heterocycles. The Morgan fingerprint density at radius 1 is 0.864 bits per heavy atom. The number of unbranched alkanes of at least 4 members (excludes halogenated alkanes) is 10. The molecule has 22 heavy (non-hydrogen) atoms. The summed E-state index contributed by atoms with van der Waals surface area (Å²) in [4.78, 5) is 11.0. The van der Waals surface area contributed by atoms with Gasteiger partial charge in [0.05, 0.1) is 6.10 Å². The summed E-state index contributed by atoms with van der Waals surface area (Å²) >= 11 is 0. The predicted octanol–water partition coefficient (Wildman–Crippen LogP) is 5.13. The Hall–Kier alpha value is -0.570. The quantitative estimate of drug-likeness (QED) is 0.388. The van der Waals surface area contributed by atoms with Gasteiger partial charge in [-0.1, -0.05) is 77.6 Å². The molecule has 0 spiro atoms. The Morgan fingerprint density at radius 2 is 1.32 bits per heavy atom. The number of aliphatic hydroxyl groups is 1. The Balaban J connectivity index is 3.14. The van der Waals surface area contributed by atoms with Gasteiger partial charge in [0, 0.05) is 13.5 Å². The highest BCUT2D eigenvalue weighted by molar-refractivity contribution is 5.75. The molecule has 0 aromatic rings. The first-order chi connectivity index (χ1) is 10.7. The van der Waals surface area contributed by atoms with Crippen LogP contribution in [-0.4, -0.2) is 17.1 Å². The molecule has 131 valence electrons. The number of carbonyl (C=O) groups excluding carboxylic acids is 1. The van der Waals surface area contributed by atoms with Crippen LogP contribution in [0.3, 0.4) is 0 Å². The maximum Gasteiger partial charge on any atom is 0.220 e. The Labute approximate surface area is 138 Å². The van der Waals surface area contributed by atoms with Crippen molar-refractivity contribution in [2.75, 3.05) is 0 Å². The van der Waals surface area contributed by atoms with Crippen molar-refractivity contribution in [3.8, 4) is 0 Å². The van der Waals surface area contributed by atoms with Gasteiger partial charge in [-0.15, -0.1) is 0 Å². The Kier molecular flexibility index (Phi) is 16.4. The van der Waals surface area contributed by atoms with Crippen molar-refractivity contribution in [2.24, 2.45) is 0 Å². The molecule has 0 rings (SSSR count). The fourth-order valence-corrected chi connectivity index (χ4v) is 2.77. The Bertz CT molecular complexity index is 244. The van der Waals surface area contributed by atoms with Crippen molar-refractivity contribution in [1.29, 1.82) is 0 Å². The van der Waals surface area contributed by atoms with Crippen molar-refractivity contribution in [3.63, 3.8) is 0 Å².